The van der Waals surface area contributed by atoms with Crippen LogP contribution >= 0.6 is 0 Å². The summed E-state index contributed by atoms with van der Waals surface area (Å²) in [6.45, 7) is 3.90. The third-order valence-electron chi connectivity index (χ3n) is 2.64. The van der Waals surface area contributed by atoms with Gasteiger partial charge in [0.15, 0.2) is 0 Å². The van der Waals surface area contributed by atoms with Crippen LogP contribution in [0.5, 0.6) is 0 Å². The third kappa shape index (κ3) is 3.02. The van der Waals surface area contributed by atoms with E-state index in [1.165, 1.54) is 4.90 Å². The highest BCUT2D eigenvalue weighted by molar-refractivity contribution is 5.97. The van der Waals surface area contributed by atoms with Crippen LogP contribution in [0.3, 0.4) is 0 Å². The molecular formula is C11H19NO3. The van der Waals surface area contributed by atoms with E-state index in [1.807, 2.05) is 13.8 Å². The second kappa shape index (κ2) is 5.26. The zero-order valence-corrected chi connectivity index (χ0v) is 9.40. The van der Waals surface area contributed by atoms with E-state index in [9.17, 15) is 14.7 Å². The first-order valence-electron chi connectivity index (χ1n) is 5.52. The van der Waals surface area contributed by atoms with Crippen molar-refractivity contribution in [3.63, 3.8) is 0 Å². The zero-order chi connectivity index (χ0) is 11.4. The van der Waals surface area contributed by atoms with Gasteiger partial charge in [-0.05, 0) is 18.8 Å². The second-order valence-corrected chi connectivity index (χ2v) is 4.48. The number of rotatable bonds is 4. The zero-order valence-electron chi connectivity index (χ0n) is 9.40. The molecule has 1 heterocycles. The number of aliphatic hydroxyl groups excluding tert-OH is 1. The molecule has 4 heteroatoms. The van der Waals surface area contributed by atoms with Gasteiger partial charge in [0, 0.05) is 12.8 Å². The maximum absolute atomic E-state index is 11.6. The molecule has 0 saturated carbocycles. The van der Waals surface area contributed by atoms with Gasteiger partial charge >= 0.3 is 0 Å². The predicted molar refractivity (Wildman–Crippen MR) is 56.0 cm³/mol. The number of imide groups is 1. The summed E-state index contributed by atoms with van der Waals surface area (Å²) in [5.74, 6) is 0.0987. The Morgan fingerprint density at radius 3 is 2.20 bits per heavy atom. The van der Waals surface area contributed by atoms with Crippen molar-refractivity contribution < 1.29 is 14.7 Å². The molecule has 0 radical (unpaired) electrons. The van der Waals surface area contributed by atoms with E-state index in [0.29, 0.717) is 31.6 Å². The fourth-order valence-corrected chi connectivity index (χ4v) is 1.98. The monoisotopic (exact) mass is 213 g/mol. The third-order valence-corrected chi connectivity index (χ3v) is 2.64. The lowest BCUT2D eigenvalue weighted by molar-refractivity contribution is -0.152. The first-order chi connectivity index (χ1) is 7.06. The summed E-state index contributed by atoms with van der Waals surface area (Å²) in [6, 6.07) is -0.328. The van der Waals surface area contributed by atoms with Gasteiger partial charge < -0.3 is 5.11 Å². The van der Waals surface area contributed by atoms with Crippen molar-refractivity contribution in [2.75, 3.05) is 6.61 Å². The van der Waals surface area contributed by atoms with Gasteiger partial charge in [-0.15, -0.1) is 0 Å². The minimum atomic E-state index is -0.328. The van der Waals surface area contributed by atoms with Crippen LogP contribution in [0.2, 0.25) is 0 Å². The highest BCUT2D eigenvalue weighted by Gasteiger charge is 2.32. The highest BCUT2D eigenvalue weighted by Crippen LogP contribution is 2.19. The van der Waals surface area contributed by atoms with Gasteiger partial charge in [0.2, 0.25) is 11.8 Å². The lowest BCUT2D eigenvalue weighted by Gasteiger charge is -2.32. The number of aliphatic hydroxyl groups is 1. The summed E-state index contributed by atoms with van der Waals surface area (Å²) >= 11 is 0. The molecule has 0 aromatic carbocycles. The lowest BCUT2D eigenvalue weighted by atomic mass is 9.99. The predicted octanol–water partition coefficient (Wildman–Crippen LogP) is 0.933. The van der Waals surface area contributed by atoms with Gasteiger partial charge in [0.25, 0.3) is 0 Å². The molecule has 0 aromatic heterocycles. The molecule has 4 nitrogen and oxygen atoms in total. The number of carbonyl (C=O) groups excluding carboxylic acids is 2. The molecule has 1 aliphatic heterocycles. The topological polar surface area (TPSA) is 57.6 Å². The van der Waals surface area contributed by atoms with E-state index in [0.717, 1.165) is 0 Å². The van der Waals surface area contributed by atoms with Crippen molar-refractivity contribution in [3.8, 4) is 0 Å². The van der Waals surface area contributed by atoms with Crippen LogP contribution in [0, 0.1) is 5.92 Å². The number of hydrogen-bond donors (Lipinski definition) is 1. The van der Waals surface area contributed by atoms with E-state index in [1.54, 1.807) is 0 Å². The second-order valence-electron chi connectivity index (χ2n) is 4.48. The Morgan fingerprint density at radius 2 is 1.80 bits per heavy atom. The van der Waals surface area contributed by atoms with Gasteiger partial charge in [0.1, 0.15) is 0 Å². The molecule has 2 amide bonds. The number of piperidine rings is 1. The fraction of sp³-hybridized carbons (Fsp3) is 0.818. The Hall–Kier alpha value is -0.900. The Bertz CT molecular complexity index is 234. The summed E-state index contributed by atoms with van der Waals surface area (Å²) in [5, 5.41) is 9.22. The molecule has 0 spiro atoms. The van der Waals surface area contributed by atoms with Crippen LogP contribution in [-0.2, 0) is 9.59 Å². The van der Waals surface area contributed by atoms with E-state index in [2.05, 4.69) is 0 Å². The number of nitrogens with zero attached hydrogens (tertiary/aromatic N) is 1. The molecular weight excluding hydrogens is 194 g/mol. The summed E-state index contributed by atoms with van der Waals surface area (Å²) in [5.41, 5.74) is 0. The van der Waals surface area contributed by atoms with E-state index >= 15 is 0 Å². The van der Waals surface area contributed by atoms with Gasteiger partial charge in [-0.2, -0.15) is 0 Å². The first-order valence-corrected chi connectivity index (χ1v) is 5.52. The van der Waals surface area contributed by atoms with Crippen LogP contribution in [0.1, 0.15) is 39.5 Å². The van der Waals surface area contributed by atoms with E-state index in [4.69, 9.17) is 0 Å². The van der Waals surface area contributed by atoms with Gasteiger partial charge in [0.05, 0.1) is 12.6 Å². The van der Waals surface area contributed by atoms with Gasteiger partial charge in [-0.25, -0.2) is 0 Å². The van der Waals surface area contributed by atoms with Crippen LogP contribution in [-0.4, -0.2) is 34.5 Å². The van der Waals surface area contributed by atoms with Crippen LogP contribution in [0.25, 0.3) is 0 Å². The Kier molecular flexibility index (Phi) is 4.27. The molecule has 86 valence electrons. The van der Waals surface area contributed by atoms with Crippen molar-refractivity contribution in [1.29, 1.82) is 0 Å². The first kappa shape index (κ1) is 12.2. The minimum Gasteiger partial charge on any atom is -0.394 e. The fourth-order valence-electron chi connectivity index (χ4n) is 1.98. The number of carbonyl (C=O) groups is 2. The largest absolute Gasteiger partial charge is 0.394 e. The smallest absolute Gasteiger partial charge is 0.229 e. The molecule has 0 aliphatic carbocycles. The average molecular weight is 213 g/mol. The molecule has 1 unspecified atom stereocenters. The van der Waals surface area contributed by atoms with Crippen molar-refractivity contribution in [2.45, 2.75) is 45.6 Å². The summed E-state index contributed by atoms with van der Waals surface area (Å²) < 4.78 is 0. The molecule has 1 saturated heterocycles. The van der Waals surface area contributed by atoms with E-state index in [-0.39, 0.29) is 24.5 Å². The maximum atomic E-state index is 11.6. The Morgan fingerprint density at radius 1 is 1.27 bits per heavy atom. The number of likely N-dealkylation sites (tertiary alicyclic amines) is 1. The van der Waals surface area contributed by atoms with Crippen LogP contribution in [0.15, 0.2) is 0 Å². The molecule has 0 aromatic rings. The number of hydrogen-bond acceptors (Lipinski definition) is 3. The maximum Gasteiger partial charge on any atom is 0.229 e. The molecule has 1 atom stereocenters. The van der Waals surface area contributed by atoms with Crippen molar-refractivity contribution in [2.24, 2.45) is 5.92 Å². The summed E-state index contributed by atoms with van der Waals surface area (Å²) in [6.07, 6.45) is 2.18. The summed E-state index contributed by atoms with van der Waals surface area (Å²) in [7, 11) is 0. The lowest BCUT2D eigenvalue weighted by Crippen LogP contribution is -2.49. The molecule has 1 rings (SSSR count). The van der Waals surface area contributed by atoms with Gasteiger partial charge in [-0.1, -0.05) is 13.8 Å². The van der Waals surface area contributed by atoms with E-state index < -0.39 is 0 Å². The molecule has 15 heavy (non-hydrogen) atoms. The average Bonchev–Trinajstić information content (AvgIpc) is 2.15. The Balaban J connectivity index is 2.71. The minimum absolute atomic E-state index is 0.129. The number of amides is 2. The van der Waals surface area contributed by atoms with Gasteiger partial charge in [-0.3, -0.25) is 14.5 Å². The Labute approximate surface area is 90.3 Å². The molecule has 0 bridgehead atoms. The van der Waals surface area contributed by atoms with Crippen LogP contribution in [0.4, 0.5) is 0 Å². The van der Waals surface area contributed by atoms with Crippen molar-refractivity contribution >= 4 is 11.8 Å². The molecule has 1 N–H and O–H groups in total. The summed E-state index contributed by atoms with van der Waals surface area (Å²) in [4.78, 5) is 24.4. The van der Waals surface area contributed by atoms with Crippen molar-refractivity contribution in [3.05, 3.63) is 0 Å². The standard InChI is InChI=1S/C11H19NO3/c1-8(2)6-9(7-13)12-10(14)4-3-5-11(12)15/h8-9,13H,3-7H2,1-2H3. The molecule has 1 aliphatic rings. The highest BCUT2D eigenvalue weighted by atomic mass is 16.3. The van der Waals surface area contributed by atoms with Crippen LogP contribution < -0.4 is 0 Å². The van der Waals surface area contributed by atoms with Crippen molar-refractivity contribution in [1.82, 2.24) is 4.90 Å². The SMILES string of the molecule is CC(C)CC(CO)N1C(=O)CCCC1=O. The molecule has 1 fully saturated rings. The quantitative estimate of drug-likeness (QED) is 0.707. The normalized spacial score (nSPS) is 19.9.